The maximum absolute atomic E-state index is 6.38. The van der Waals surface area contributed by atoms with E-state index in [0.29, 0.717) is 0 Å². The summed E-state index contributed by atoms with van der Waals surface area (Å²) in [4.78, 5) is 0. The quantitative estimate of drug-likeness (QED) is 0.154. The molecule has 0 aliphatic heterocycles. The van der Waals surface area contributed by atoms with Crippen LogP contribution in [0.4, 0.5) is 0 Å². The summed E-state index contributed by atoms with van der Waals surface area (Å²) in [5, 5.41) is 6.15. The first kappa shape index (κ1) is 43.8. The van der Waals surface area contributed by atoms with Crippen LogP contribution in [0.15, 0.2) is 121 Å². The Morgan fingerprint density at radius 2 is 1.07 bits per heavy atom. The average molecular weight is 868 g/mol. The zero-order valence-corrected chi connectivity index (χ0v) is 37.7. The van der Waals surface area contributed by atoms with E-state index in [1.165, 1.54) is 93.8 Å². The SMILES string of the molecule is Cc1[c-]c2c(cc1C(C)(C)C)-c1cc(C(C)(C)C)c(C)cc1C2.Clc1cccc2c([C](=[Zr+2])c3cccc4c(Cl)cccc34)cccc12.[Cl-].[Cl-].c1cc[cH-]c1. The number of halogens is 4. The molecule has 0 unspecified atom stereocenters. The molecule has 0 nitrogen and oxygen atoms in total. The molecule has 1 aliphatic rings. The van der Waals surface area contributed by atoms with Crippen molar-refractivity contribution in [2.24, 2.45) is 0 Å². The van der Waals surface area contributed by atoms with Gasteiger partial charge < -0.3 is 24.8 Å². The van der Waals surface area contributed by atoms with Crippen LogP contribution in [0.3, 0.4) is 0 Å². The van der Waals surface area contributed by atoms with Crippen LogP contribution in [0.25, 0.3) is 32.7 Å². The van der Waals surface area contributed by atoms with E-state index >= 15 is 0 Å². The van der Waals surface area contributed by atoms with Crippen molar-refractivity contribution in [3.05, 3.63) is 182 Å². The number of rotatable bonds is 2. The van der Waals surface area contributed by atoms with Crippen molar-refractivity contribution in [3.8, 4) is 11.1 Å². The molecule has 0 aromatic heterocycles. The van der Waals surface area contributed by atoms with Gasteiger partial charge in [-0.15, -0.1) is 16.7 Å². The third kappa shape index (κ3) is 9.37. The molecule has 7 aromatic rings. The molecule has 276 valence electrons. The van der Waals surface area contributed by atoms with Crippen LogP contribution in [-0.4, -0.2) is 3.21 Å². The second kappa shape index (κ2) is 17.9. The van der Waals surface area contributed by atoms with Gasteiger partial charge in [0.2, 0.25) is 0 Å². The topological polar surface area (TPSA) is 0 Å². The first-order valence-electron chi connectivity index (χ1n) is 18.0. The third-order valence-electron chi connectivity index (χ3n) is 9.91. The fourth-order valence-corrected chi connectivity index (χ4v) is 9.01. The Hall–Kier alpha value is -2.90. The fraction of sp³-hybridized carbons (Fsp3) is 0.224. The molecule has 0 amide bonds. The van der Waals surface area contributed by atoms with Crippen LogP contribution < -0.4 is 24.8 Å². The summed E-state index contributed by atoms with van der Waals surface area (Å²) >= 11 is 14.1. The standard InChI is InChI=1S/C23H29.C21H12Cl2.C5H5.2ClH.Zr/c1-14-9-16-11-17-10-15(2)21(23(6,7)8)13-19(17)18(16)12-20(14)22(3,4)5;22-20-11-3-7-16-14(5-1-9-18(16)20)13-15-6-2-10-19-17(15)8-4-12-21(19)23;1-2-4-5-3-1;;;/h9,12-13H,11H2,1-8H3;1-12H;1-5H;2*1H;/q-1;;-1;;;+2/p-2. The van der Waals surface area contributed by atoms with E-state index in [1.807, 2.05) is 54.6 Å². The van der Waals surface area contributed by atoms with Gasteiger partial charge in [0.25, 0.3) is 0 Å². The van der Waals surface area contributed by atoms with Crippen LogP contribution >= 0.6 is 23.2 Å². The van der Waals surface area contributed by atoms with Gasteiger partial charge in [-0.05, 0) is 35.4 Å². The van der Waals surface area contributed by atoms with Gasteiger partial charge in [0.15, 0.2) is 0 Å². The molecule has 8 rings (SSSR count). The minimum Gasteiger partial charge on any atom is -1.00 e. The summed E-state index contributed by atoms with van der Waals surface area (Å²) < 4.78 is 1.31. The molecule has 0 atom stereocenters. The zero-order valence-electron chi connectivity index (χ0n) is 32.3. The predicted molar refractivity (Wildman–Crippen MR) is 224 cm³/mol. The molecule has 0 saturated heterocycles. The third-order valence-corrected chi connectivity index (χ3v) is 11.9. The van der Waals surface area contributed by atoms with Crippen LogP contribution in [0.5, 0.6) is 0 Å². The molecule has 0 radical (unpaired) electrons. The molecule has 0 saturated carbocycles. The van der Waals surface area contributed by atoms with Gasteiger partial charge in [0, 0.05) is 0 Å². The summed E-state index contributed by atoms with van der Waals surface area (Å²) in [6.07, 6.45) is 1.03. The van der Waals surface area contributed by atoms with Crippen LogP contribution in [0.1, 0.15) is 86.1 Å². The Morgan fingerprint density at radius 1 is 0.611 bits per heavy atom. The molecule has 54 heavy (non-hydrogen) atoms. The summed E-state index contributed by atoms with van der Waals surface area (Å²) in [6, 6.07) is 45.8. The Kier molecular flexibility index (Phi) is 14.5. The van der Waals surface area contributed by atoms with E-state index in [-0.39, 0.29) is 35.6 Å². The predicted octanol–water partition coefficient (Wildman–Crippen LogP) is 8.10. The monoisotopic (exact) mass is 864 g/mol. The largest absolute Gasteiger partial charge is 1.00 e. The van der Waals surface area contributed by atoms with Crippen LogP contribution in [-0.2, 0) is 41.5 Å². The number of hydrogen-bond donors (Lipinski definition) is 0. The Bertz CT molecular complexity index is 2240. The van der Waals surface area contributed by atoms with Gasteiger partial charge in [0.05, 0.1) is 0 Å². The van der Waals surface area contributed by atoms with Crippen molar-refractivity contribution in [3.63, 3.8) is 0 Å². The van der Waals surface area contributed by atoms with Gasteiger partial charge >= 0.3 is 166 Å². The van der Waals surface area contributed by atoms with Crippen LogP contribution in [0, 0.1) is 19.9 Å². The number of hydrogen-bond acceptors (Lipinski definition) is 0. The molecule has 5 heteroatoms. The van der Waals surface area contributed by atoms with E-state index < -0.39 is 0 Å². The van der Waals surface area contributed by atoms with E-state index in [4.69, 9.17) is 23.2 Å². The van der Waals surface area contributed by atoms with E-state index in [0.717, 1.165) is 27.2 Å². The van der Waals surface area contributed by atoms with Gasteiger partial charge in [-0.2, -0.15) is 35.9 Å². The Balaban J connectivity index is 0.000000206. The fourth-order valence-electron chi connectivity index (χ4n) is 7.47. The number of aryl methyl sites for hydroxylation is 2. The molecule has 0 spiro atoms. The number of fused-ring (bicyclic) bond motifs is 5. The van der Waals surface area contributed by atoms with Gasteiger partial charge in [-0.25, -0.2) is 12.1 Å². The van der Waals surface area contributed by atoms with Crippen molar-refractivity contribution in [2.75, 3.05) is 0 Å². The first-order valence-corrected chi connectivity index (χ1v) is 19.9. The van der Waals surface area contributed by atoms with Crippen molar-refractivity contribution in [2.45, 2.75) is 72.6 Å². The molecular formula is C49H46Cl4Zr-2. The Labute approximate surface area is 359 Å². The average Bonchev–Trinajstić information content (AvgIpc) is 3.78. The van der Waals surface area contributed by atoms with Crippen molar-refractivity contribution in [1.29, 1.82) is 0 Å². The summed E-state index contributed by atoms with van der Waals surface area (Å²) in [6.45, 7) is 18.2. The van der Waals surface area contributed by atoms with E-state index in [2.05, 4.69) is 128 Å². The van der Waals surface area contributed by atoms with Gasteiger partial charge in [-0.3, -0.25) is 0 Å². The van der Waals surface area contributed by atoms with Crippen molar-refractivity contribution in [1.82, 2.24) is 0 Å². The minimum atomic E-state index is 0. The van der Waals surface area contributed by atoms with E-state index in [1.54, 1.807) is 0 Å². The molecule has 1 aliphatic carbocycles. The molecule has 0 fully saturated rings. The molecule has 0 bridgehead atoms. The zero-order chi connectivity index (χ0) is 37.4. The second-order valence-corrected chi connectivity index (χ2v) is 17.9. The molecule has 7 aromatic carbocycles. The van der Waals surface area contributed by atoms with Gasteiger partial charge in [0.1, 0.15) is 0 Å². The summed E-state index contributed by atoms with van der Waals surface area (Å²) in [5.41, 5.74) is 14.1. The van der Waals surface area contributed by atoms with E-state index in [9.17, 15) is 0 Å². The molecule has 0 N–H and O–H groups in total. The van der Waals surface area contributed by atoms with Crippen molar-refractivity contribution < 1.29 is 49.0 Å². The summed E-state index contributed by atoms with van der Waals surface area (Å²) in [7, 11) is 0. The maximum atomic E-state index is 6.38. The molecule has 0 heterocycles. The van der Waals surface area contributed by atoms with Crippen molar-refractivity contribution >= 4 is 48.0 Å². The first-order chi connectivity index (χ1) is 24.6. The smallest absolute Gasteiger partial charge is 0.172 e. The number of benzene rings is 6. The minimum absolute atomic E-state index is 0. The second-order valence-electron chi connectivity index (χ2n) is 15.8. The van der Waals surface area contributed by atoms with Gasteiger partial charge in [-0.1, -0.05) is 71.6 Å². The maximum Gasteiger partial charge on any atom is -0.172 e. The van der Waals surface area contributed by atoms with Crippen LogP contribution in [0.2, 0.25) is 10.0 Å². The molecular weight excluding hydrogens is 822 g/mol. The Morgan fingerprint density at radius 3 is 1.54 bits per heavy atom. The normalized spacial score (nSPS) is 11.6. The summed E-state index contributed by atoms with van der Waals surface area (Å²) in [5.74, 6) is 0.